The number of nitrogens with zero attached hydrogens (tertiary/aromatic N) is 1. The third-order valence-corrected chi connectivity index (χ3v) is 3.76. The van der Waals surface area contributed by atoms with Gasteiger partial charge in [0.15, 0.2) is 0 Å². The largest absolute Gasteiger partial charge is 0.354 e. The molecule has 1 amide bonds. The van der Waals surface area contributed by atoms with Gasteiger partial charge in [-0.3, -0.25) is 4.79 Å². The summed E-state index contributed by atoms with van der Waals surface area (Å²) in [5.74, 6) is 0.771. The molecule has 0 saturated carbocycles. The highest BCUT2D eigenvalue weighted by Gasteiger charge is 2.30. The molecule has 4 heteroatoms. The Labute approximate surface area is 98.8 Å². The summed E-state index contributed by atoms with van der Waals surface area (Å²) in [7, 11) is 4.07. The van der Waals surface area contributed by atoms with Crippen LogP contribution in [0.1, 0.15) is 20.8 Å². The molecule has 0 spiro atoms. The van der Waals surface area contributed by atoms with Crippen molar-refractivity contribution < 1.29 is 4.79 Å². The van der Waals surface area contributed by atoms with Gasteiger partial charge in [0.1, 0.15) is 0 Å². The number of rotatable bonds is 4. The predicted octanol–water partition coefficient (Wildman–Crippen LogP) is 0.298. The van der Waals surface area contributed by atoms with Crippen molar-refractivity contribution in [3.8, 4) is 0 Å². The third kappa shape index (κ3) is 3.19. The Bertz CT molecular complexity index is 251. The van der Waals surface area contributed by atoms with E-state index in [1.807, 2.05) is 14.1 Å². The van der Waals surface area contributed by atoms with Gasteiger partial charge in [-0.15, -0.1) is 0 Å². The average molecular weight is 227 g/mol. The highest BCUT2D eigenvalue weighted by atomic mass is 16.1. The number of amides is 1. The van der Waals surface area contributed by atoms with Crippen LogP contribution in [0, 0.1) is 11.8 Å². The second-order valence-electron chi connectivity index (χ2n) is 5.67. The van der Waals surface area contributed by atoms with Crippen LogP contribution in [-0.2, 0) is 4.79 Å². The minimum atomic E-state index is 0.00489. The molecule has 0 aromatic heterocycles. The zero-order valence-corrected chi connectivity index (χ0v) is 11.1. The van der Waals surface area contributed by atoms with E-state index in [0.717, 1.165) is 13.1 Å². The minimum Gasteiger partial charge on any atom is -0.354 e. The zero-order valence-electron chi connectivity index (χ0n) is 11.1. The minimum absolute atomic E-state index is 0.00489. The van der Waals surface area contributed by atoms with E-state index in [9.17, 15) is 4.79 Å². The van der Waals surface area contributed by atoms with Gasteiger partial charge in [0, 0.05) is 18.6 Å². The van der Waals surface area contributed by atoms with Crippen LogP contribution in [-0.4, -0.2) is 50.1 Å². The van der Waals surface area contributed by atoms with Gasteiger partial charge >= 0.3 is 0 Å². The zero-order chi connectivity index (χ0) is 12.3. The predicted molar refractivity (Wildman–Crippen MR) is 66.3 cm³/mol. The van der Waals surface area contributed by atoms with Crippen LogP contribution >= 0.6 is 0 Å². The van der Waals surface area contributed by atoms with Crippen LogP contribution in [0.4, 0.5) is 0 Å². The second-order valence-corrected chi connectivity index (χ2v) is 5.67. The van der Waals surface area contributed by atoms with Crippen molar-refractivity contribution in [2.75, 3.05) is 33.7 Å². The maximum Gasteiger partial charge on any atom is 0.224 e. The summed E-state index contributed by atoms with van der Waals surface area (Å²) in [6, 6.07) is 0. The first kappa shape index (κ1) is 13.5. The quantitative estimate of drug-likeness (QED) is 0.726. The molecule has 1 fully saturated rings. The first-order valence-electron chi connectivity index (χ1n) is 6.00. The van der Waals surface area contributed by atoms with E-state index in [-0.39, 0.29) is 17.4 Å². The molecule has 1 rings (SSSR count). The molecule has 0 radical (unpaired) electrons. The van der Waals surface area contributed by atoms with E-state index in [2.05, 4.69) is 36.3 Å². The summed E-state index contributed by atoms with van der Waals surface area (Å²) in [6.45, 7) is 8.85. The van der Waals surface area contributed by atoms with E-state index < -0.39 is 0 Å². The molecule has 0 aliphatic carbocycles. The highest BCUT2D eigenvalue weighted by molar-refractivity contribution is 5.79. The molecule has 4 nitrogen and oxygen atoms in total. The van der Waals surface area contributed by atoms with Crippen molar-refractivity contribution in [2.24, 2.45) is 11.8 Å². The van der Waals surface area contributed by atoms with Crippen molar-refractivity contribution in [1.29, 1.82) is 0 Å². The van der Waals surface area contributed by atoms with Gasteiger partial charge in [-0.05, 0) is 40.4 Å². The van der Waals surface area contributed by atoms with Crippen molar-refractivity contribution >= 4 is 5.91 Å². The number of carbonyl (C=O) groups is 1. The van der Waals surface area contributed by atoms with E-state index in [1.54, 1.807) is 0 Å². The van der Waals surface area contributed by atoms with Gasteiger partial charge in [0.2, 0.25) is 5.91 Å². The topological polar surface area (TPSA) is 44.4 Å². The monoisotopic (exact) mass is 227 g/mol. The Morgan fingerprint density at radius 2 is 2.06 bits per heavy atom. The van der Waals surface area contributed by atoms with Crippen LogP contribution in [0.15, 0.2) is 0 Å². The number of hydrogen-bond donors (Lipinski definition) is 2. The van der Waals surface area contributed by atoms with Crippen LogP contribution in [0.25, 0.3) is 0 Å². The lowest BCUT2D eigenvalue weighted by molar-refractivity contribution is -0.125. The van der Waals surface area contributed by atoms with Crippen molar-refractivity contribution in [3.05, 3.63) is 0 Å². The lowest BCUT2D eigenvalue weighted by Gasteiger charge is -2.33. The Hall–Kier alpha value is -0.610. The van der Waals surface area contributed by atoms with Crippen LogP contribution in [0.2, 0.25) is 0 Å². The maximum absolute atomic E-state index is 12.0. The summed E-state index contributed by atoms with van der Waals surface area (Å²) in [4.78, 5) is 14.1. The van der Waals surface area contributed by atoms with Crippen LogP contribution < -0.4 is 10.6 Å². The molecular weight excluding hydrogens is 202 g/mol. The van der Waals surface area contributed by atoms with Crippen LogP contribution in [0.5, 0.6) is 0 Å². The lowest BCUT2D eigenvalue weighted by atomic mass is 9.96. The molecule has 1 aliphatic heterocycles. The van der Waals surface area contributed by atoms with Gasteiger partial charge in [-0.1, -0.05) is 6.92 Å². The fourth-order valence-electron chi connectivity index (χ4n) is 1.75. The fraction of sp³-hybridized carbons (Fsp3) is 0.917. The standard InChI is InChI=1S/C12H25N3O/c1-9-6-13-7-10(9)11(16)14-8-12(2,3)15(4)5/h9-10,13H,6-8H2,1-5H3,(H,14,16). The van der Waals surface area contributed by atoms with Crippen LogP contribution in [0.3, 0.4) is 0 Å². The van der Waals surface area contributed by atoms with E-state index in [1.165, 1.54) is 0 Å². The Kier molecular flexibility index (Phi) is 4.33. The number of nitrogens with one attached hydrogen (secondary N) is 2. The molecule has 0 aromatic carbocycles. The molecular formula is C12H25N3O. The lowest BCUT2D eigenvalue weighted by Crippen LogP contribution is -2.49. The maximum atomic E-state index is 12.0. The average Bonchev–Trinajstić information content (AvgIpc) is 2.61. The molecule has 16 heavy (non-hydrogen) atoms. The first-order valence-corrected chi connectivity index (χ1v) is 6.00. The molecule has 0 bridgehead atoms. The number of hydrogen-bond acceptors (Lipinski definition) is 3. The van der Waals surface area contributed by atoms with Crippen molar-refractivity contribution in [1.82, 2.24) is 15.5 Å². The van der Waals surface area contributed by atoms with E-state index in [0.29, 0.717) is 12.5 Å². The Morgan fingerprint density at radius 1 is 1.44 bits per heavy atom. The summed E-state index contributed by atoms with van der Waals surface area (Å²) in [5, 5.41) is 6.31. The van der Waals surface area contributed by atoms with Gasteiger partial charge in [-0.25, -0.2) is 0 Å². The summed E-state index contributed by atoms with van der Waals surface area (Å²) < 4.78 is 0. The molecule has 2 N–H and O–H groups in total. The summed E-state index contributed by atoms with van der Waals surface area (Å²) in [6.07, 6.45) is 0. The van der Waals surface area contributed by atoms with E-state index in [4.69, 9.17) is 0 Å². The Morgan fingerprint density at radius 3 is 2.50 bits per heavy atom. The Balaban J connectivity index is 2.41. The highest BCUT2D eigenvalue weighted by Crippen LogP contribution is 2.16. The van der Waals surface area contributed by atoms with Crippen molar-refractivity contribution in [2.45, 2.75) is 26.3 Å². The van der Waals surface area contributed by atoms with Gasteiger partial charge in [0.05, 0.1) is 5.92 Å². The SMILES string of the molecule is CC1CNCC1C(=O)NCC(C)(C)N(C)C. The molecule has 94 valence electrons. The smallest absolute Gasteiger partial charge is 0.224 e. The fourth-order valence-corrected chi connectivity index (χ4v) is 1.75. The number of likely N-dealkylation sites (N-methyl/N-ethyl adjacent to an activating group) is 1. The van der Waals surface area contributed by atoms with E-state index >= 15 is 0 Å². The molecule has 1 saturated heterocycles. The normalized spacial score (nSPS) is 26.1. The molecule has 1 aliphatic rings. The summed E-state index contributed by atoms with van der Waals surface area (Å²) >= 11 is 0. The van der Waals surface area contributed by atoms with Gasteiger partial charge in [-0.2, -0.15) is 0 Å². The van der Waals surface area contributed by atoms with Gasteiger partial charge < -0.3 is 15.5 Å². The molecule has 1 heterocycles. The second kappa shape index (κ2) is 5.15. The molecule has 0 aromatic rings. The third-order valence-electron chi connectivity index (χ3n) is 3.76. The van der Waals surface area contributed by atoms with Gasteiger partial charge in [0.25, 0.3) is 0 Å². The first-order chi connectivity index (χ1) is 7.34. The number of carbonyl (C=O) groups excluding carboxylic acids is 1. The summed E-state index contributed by atoms with van der Waals surface area (Å²) in [5.41, 5.74) is 0.00489. The van der Waals surface area contributed by atoms with Crippen molar-refractivity contribution in [3.63, 3.8) is 0 Å². The molecule has 2 atom stereocenters. The molecule has 2 unspecified atom stereocenters.